The molecule has 1 N–H and O–H groups in total. The molecule has 9 nitrogen and oxygen atoms in total. The second-order valence-electron chi connectivity index (χ2n) is 12.9. The zero-order chi connectivity index (χ0) is 32.5. The number of carbonyl (C=O) groups is 4. The largest absolute Gasteiger partial charge is 0.469 e. The Morgan fingerprint density at radius 2 is 1.73 bits per heavy atom. The minimum absolute atomic E-state index is 0.00673. The van der Waals surface area contributed by atoms with Gasteiger partial charge in [0.1, 0.15) is 5.60 Å². The summed E-state index contributed by atoms with van der Waals surface area (Å²) in [4.78, 5) is 54.1. The molecule has 3 rings (SSSR count). The first-order chi connectivity index (χ1) is 20.6. The zero-order valence-corrected chi connectivity index (χ0v) is 26.2. The molecule has 12 heteroatoms. The number of methoxy groups -OCH3 is 1. The molecule has 2 aliphatic heterocycles. The maximum atomic E-state index is 13.2. The van der Waals surface area contributed by atoms with E-state index in [0.29, 0.717) is 56.8 Å². The van der Waals surface area contributed by atoms with Crippen LogP contribution in [0.5, 0.6) is 0 Å². The lowest BCUT2D eigenvalue weighted by atomic mass is 9.91. The average Bonchev–Trinajstić information content (AvgIpc) is 2.97. The third kappa shape index (κ3) is 11.3. The fourth-order valence-corrected chi connectivity index (χ4v) is 5.71. The number of alkyl halides is 3. The highest BCUT2D eigenvalue weighted by atomic mass is 19.4. The van der Waals surface area contributed by atoms with E-state index in [-0.39, 0.29) is 43.7 Å². The molecule has 0 unspecified atom stereocenters. The molecule has 2 atom stereocenters. The van der Waals surface area contributed by atoms with Gasteiger partial charge in [0.15, 0.2) is 0 Å². The van der Waals surface area contributed by atoms with Gasteiger partial charge >= 0.3 is 18.2 Å². The number of benzene rings is 1. The first kappa shape index (κ1) is 35.2. The molecule has 44 heavy (non-hydrogen) atoms. The number of esters is 1. The summed E-state index contributed by atoms with van der Waals surface area (Å²) in [5.41, 5.74) is -0.839. The van der Waals surface area contributed by atoms with Crippen LogP contribution in [0.2, 0.25) is 0 Å². The van der Waals surface area contributed by atoms with Crippen molar-refractivity contribution in [3.05, 3.63) is 35.4 Å². The molecule has 0 aliphatic carbocycles. The number of ether oxygens (including phenoxy) is 2. The SMILES string of the molecule is COC(=O)C[C@@H](CCc1cccc(C(F)(F)F)c1)NC(=O)[C@@H]1CCCN(C(=O)CCC2CCN(C(=O)OC(C)(C)C)CC2)C1. The lowest BCUT2D eigenvalue weighted by Gasteiger charge is -2.35. The van der Waals surface area contributed by atoms with Gasteiger partial charge in [-0.25, -0.2) is 4.79 Å². The van der Waals surface area contributed by atoms with E-state index in [2.05, 4.69) is 5.32 Å². The highest BCUT2D eigenvalue weighted by Crippen LogP contribution is 2.30. The minimum atomic E-state index is -4.46. The molecule has 3 amide bonds. The molecule has 2 aliphatic rings. The van der Waals surface area contributed by atoms with Crippen LogP contribution in [0.1, 0.15) is 83.3 Å². The first-order valence-corrected chi connectivity index (χ1v) is 15.4. The number of amides is 3. The van der Waals surface area contributed by atoms with E-state index >= 15 is 0 Å². The maximum Gasteiger partial charge on any atom is 0.416 e. The molecule has 0 bridgehead atoms. The Morgan fingerprint density at radius 3 is 2.36 bits per heavy atom. The van der Waals surface area contributed by atoms with Crippen LogP contribution in [-0.2, 0) is 36.5 Å². The molecule has 0 radical (unpaired) electrons. The fraction of sp³-hybridized carbons (Fsp3) is 0.688. The predicted octanol–water partition coefficient (Wildman–Crippen LogP) is 5.35. The number of hydrogen-bond donors (Lipinski definition) is 1. The Morgan fingerprint density at radius 1 is 1.02 bits per heavy atom. The van der Waals surface area contributed by atoms with Gasteiger partial charge < -0.3 is 24.6 Å². The van der Waals surface area contributed by atoms with Gasteiger partial charge in [0, 0.05) is 38.6 Å². The number of carbonyl (C=O) groups excluding carboxylic acids is 4. The van der Waals surface area contributed by atoms with E-state index in [1.165, 1.54) is 13.2 Å². The summed E-state index contributed by atoms with van der Waals surface area (Å²) < 4.78 is 49.6. The van der Waals surface area contributed by atoms with E-state index in [4.69, 9.17) is 9.47 Å². The Labute approximate surface area is 257 Å². The van der Waals surface area contributed by atoms with E-state index in [1.54, 1.807) is 15.9 Å². The van der Waals surface area contributed by atoms with E-state index < -0.39 is 35.3 Å². The van der Waals surface area contributed by atoms with Crippen LogP contribution < -0.4 is 5.32 Å². The second-order valence-corrected chi connectivity index (χ2v) is 12.9. The van der Waals surface area contributed by atoms with Crippen molar-refractivity contribution in [3.8, 4) is 0 Å². The van der Waals surface area contributed by atoms with Gasteiger partial charge in [-0.3, -0.25) is 14.4 Å². The van der Waals surface area contributed by atoms with E-state index in [0.717, 1.165) is 25.0 Å². The van der Waals surface area contributed by atoms with Gasteiger partial charge in [-0.2, -0.15) is 13.2 Å². The van der Waals surface area contributed by atoms with Crippen LogP contribution in [0.25, 0.3) is 0 Å². The molecule has 1 aromatic carbocycles. The molecule has 246 valence electrons. The van der Waals surface area contributed by atoms with Crippen molar-refractivity contribution >= 4 is 23.9 Å². The third-order valence-electron chi connectivity index (χ3n) is 8.20. The molecular weight excluding hydrogens is 579 g/mol. The number of rotatable bonds is 10. The lowest BCUT2D eigenvalue weighted by Crippen LogP contribution is -2.48. The smallest absolute Gasteiger partial charge is 0.416 e. The predicted molar refractivity (Wildman–Crippen MR) is 157 cm³/mol. The first-order valence-electron chi connectivity index (χ1n) is 15.4. The quantitative estimate of drug-likeness (QED) is 0.352. The monoisotopic (exact) mass is 625 g/mol. The molecule has 2 saturated heterocycles. The van der Waals surface area contributed by atoms with Crippen LogP contribution in [-0.4, -0.2) is 78.6 Å². The Bertz CT molecular complexity index is 1140. The van der Waals surface area contributed by atoms with Crippen molar-refractivity contribution in [1.82, 2.24) is 15.1 Å². The summed E-state index contributed by atoms with van der Waals surface area (Å²) in [5, 5.41) is 2.90. The lowest BCUT2D eigenvalue weighted by molar-refractivity contribution is -0.141. The van der Waals surface area contributed by atoms with Gasteiger partial charge in [-0.05, 0) is 83.3 Å². The van der Waals surface area contributed by atoms with Crippen molar-refractivity contribution < 1.29 is 41.8 Å². The summed E-state index contributed by atoms with van der Waals surface area (Å²) in [7, 11) is 1.24. The number of halogens is 3. The molecule has 2 fully saturated rings. The molecule has 2 heterocycles. The molecule has 0 spiro atoms. The number of nitrogens with one attached hydrogen (secondary N) is 1. The summed E-state index contributed by atoms with van der Waals surface area (Å²) in [5.74, 6) is -0.935. The summed E-state index contributed by atoms with van der Waals surface area (Å²) >= 11 is 0. The van der Waals surface area contributed by atoms with Crippen molar-refractivity contribution in [2.45, 2.75) is 96.4 Å². The van der Waals surface area contributed by atoms with E-state index in [1.807, 2.05) is 20.8 Å². The summed E-state index contributed by atoms with van der Waals surface area (Å²) in [6.07, 6.45) is -0.432. The van der Waals surface area contributed by atoms with Gasteiger partial charge in [-0.15, -0.1) is 0 Å². The highest BCUT2D eigenvalue weighted by Gasteiger charge is 2.32. The molecular formula is C32H46F3N3O6. The third-order valence-corrected chi connectivity index (χ3v) is 8.20. The number of piperidine rings is 2. The van der Waals surface area contributed by atoms with Crippen LogP contribution in [0.3, 0.4) is 0 Å². The van der Waals surface area contributed by atoms with Crippen LogP contribution in [0.15, 0.2) is 24.3 Å². The number of nitrogens with zero attached hydrogens (tertiary/aromatic N) is 2. The van der Waals surface area contributed by atoms with Gasteiger partial charge in [0.05, 0.1) is 25.0 Å². The average molecular weight is 626 g/mol. The Hall–Kier alpha value is -3.31. The standard InChI is InChI=1S/C32H46F3N3O6/c1-31(2,3)44-30(42)37-17-14-22(15-18-37)11-13-27(39)38-16-6-8-24(21-38)29(41)36-26(20-28(40)43-4)12-10-23-7-5-9-25(19-23)32(33,34)35/h5,7,9,19,22,24,26H,6,8,10-18,20-21H2,1-4H3,(H,36,41)/t24-,26-/m1/s1. The highest BCUT2D eigenvalue weighted by molar-refractivity contribution is 5.82. The van der Waals surface area contributed by atoms with Crippen LogP contribution in [0, 0.1) is 11.8 Å². The summed E-state index contributed by atoms with van der Waals surface area (Å²) in [6.45, 7) is 7.55. The van der Waals surface area contributed by atoms with Crippen molar-refractivity contribution in [2.24, 2.45) is 11.8 Å². The van der Waals surface area contributed by atoms with Crippen molar-refractivity contribution in [1.29, 1.82) is 0 Å². The zero-order valence-electron chi connectivity index (χ0n) is 26.2. The van der Waals surface area contributed by atoms with Crippen LogP contribution >= 0.6 is 0 Å². The molecule has 0 aromatic heterocycles. The van der Waals surface area contributed by atoms with Gasteiger partial charge in [-0.1, -0.05) is 18.2 Å². The Kier molecular flexibility index (Phi) is 12.5. The van der Waals surface area contributed by atoms with Crippen LogP contribution in [0.4, 0.5) is 18.0 Å². The fourth-order valence-electron chi connectivity index (χ4n) is 5.71. The van der Waals surface area contributed by atoms with Crippen molar-refractivity contribution in [2.75, 3.05) is 33.3 Å². The van der Waals surface area contributed by atoms with Crippen molar-refractivity contribution in [3.63, 3.8) is 0 Å². The Balaban J connectivity index is 1.48. The molecule has 0 saturated carbocycles. The topological polar surface area (TPSA) is 105 Å². The number of likely N-dealkylation sites (tertiary alicyclic amines) is 2. The molecule has 1 aromatic rings. The number of aryl methyl sites for hydroxylation is 1. The normalized spacial score (nSPS) is 18.8. The second kappa shape index (κ2) is 15.6. The van der Waals surface area contributed by atoms with E-state index in [9.17, 15) is 32.3 Å². The number of hydrogen-bond acceptors (Lipinski definition) is 6. The van der Waals surface area contributed by atoms with Gasteiger partial charge in [0.2, 0.25) is 11.8 Å². The maximum absolute atomic E-state index is 13.2. The summed E-state index contributed by atoms with van der Waals surface area (Å²) in [6, 6.07) is 4.38. The minimum Gasteiger partial charge on any atom is -0.469 e. The van der Waals surface area contributed by atoms with Gasteiger partial charge in [0.25, 0.3) is 0 Å².